The number of aliphatic imine (C=N–C) groups is 2. The average Bonchev–Trinajstić information content (AvgIpc) is 2.67. The van der Waals surface area contributed by atoms with E-state index in [1.165, 1.54) is 29.1 Å². The maximum atomic E-state index is 12.2. The third-order valence-corrected chi connectivity index (χ3v) is 7.46. The van der Waals surface area contributed by atoms with Crippen molar-refractivity contribution in [3.8, 4) is 0 Å². The highest BCUT2D eigenvalue weighted by Crippen LogP contribution is 2.60. The van der Waals surface area contributed by atoms with E-state index in [0.717, 1.165) is 5.57 Å². The van der Waals surface area contributed by atoms with Crippen LogP contribution in [0.2, 0.25) is 0 Å². The van der Waals surface area contributed by atoms with Crippen LogP contribution in [0, 0.1) is 11.8 Å². The molecule has 4 aliphatic rings. The van der Waals surface area contributed by atoms with Crippen LogP contribution in [0.3, 0.4) is 0 Å². The van der Waals surface area contributed by atoms with Crippen LogP contribution in [0.4, 0.5) is 0 Å². The van der Waals surface area contributed by atoms with Gasteiger partial charge in [-0.25, -0.2) is 0 Å². The lowest BCUT2D eigenvalue weighted by molar-refractivity contribution is -0.123. The first-order valence-electron chi connectivity index (χ1n) is 7.59. The Balaban J connectivity index is 1.98. The Morgan fingerprint density at radius 2 is 1.39 bits per heavy atom. The molecule has 4 unspecified atom stereocenters. The molecule has 0 fully saturated rings. The molecule has 0 radical (unpaired) electrons. The lowest BCUT2D eigenvalue weighted by Crippen LogP contribution is -2.43. The van der Waals surface area contributed by atoms with E-state index in [9.17, 15) is 9.59 Å². The Labute approximate surface area is 143 Å². The van der Waals surface area contributed by atoms with Crippen molar-refractivity contribution >= 4 is 47.8 Å². The number of imide groups is 1. The Kier molecular flexibility index (Phi) is 3.04. The number of carbonyl (C=O) groups is 2. The van der Waals surface area contributed by atoms with Crippen molar-refractivity contribution in [1.29, 1.82) is 0 Å². The molecule has 0 saturated carbocycles. The van der Waals surface area contributed by atoms with Crippen LogP contribution in [0.5, 0.6) is 0 Å². The fourth-order valence-corrected chi connectivity index (χ4v) is 6.63. The van der Waals surface area contributed by atoms with Crippen molar-refractivity contribution in [2.75, 3.05) is 0 Å². The summed E-state index contributed by atoms with van der Waals surface area (Å²) in [5.41, 5.74) is 2.45. The SMILES string of the molecule is CC1C=NC2(C)SC3=C(SC4(C)N=CC(C)C1=C24)C(=O)NC3=O. The molecule has 0 saturated heterocycles. The Bertz CT molecular complexity index is 722. The minimum absolute atomic E-state index is 0.234. The van der Waals surface area contributed by atoms with E-state index in [1.807, 2.05) is 26.3 Å². The van der Waals surface area contributed by atoms with Crippen molar-refractivity contribution in [1.82, 2.24) is 5.32 Å². The second kappa shape index (κ2) is 4.60. The standard InChI is InChI=1S/C16H17N3O2S2/c1-7-5-17-15(3)12-9(7)8(2)6-18-16(12,4)23-11-10(22-15)13(20)19-14(11)21/h5-8H,1-4H3,(H,19,20,21). The normalized spacial score (nSPS) is 41.7. The van der Waals surface area contributed by atoms with Crippen molar-refractivity contribution in [3.63, 3.8) is 0 Å². The van der Waals surface area contributed by atoms with Gasteiger partial charge in [-0.2, -0.15) is 0 Å². The van der Waals surface area contributed by atoms with Crippen LogP contribution in [0.1, 0.15) is 27.7 Å². The van der Waals surface area contributed by atoms with E-state index >= 15 is 0 Å². The van der Waals surface area contributed by atoms with Gasteiger partial charge in [-0.3, -0.25) is 24.9 Å². The predicted octanol–water partition coefficient (Wildman–Crippen LogP) is 2.50. The van der Waals surface area contributed by atoms with Crippen LogP contribution in [-0.4, -0.2) is 34.0 Å². The fourth-order valence-electron chi connectivity index (χ4n) is 3.79. The van der Waals surface area contributed by atoms with Gasteiger partial charge in [0, 0.05) is 29.8 Å². The minimum atomic E-state index is -0.603. The van der Waals surface area contributed by atoms with E-state index in [1.54, 1.807) is 0 Å². The van der Waals surface area contributed by atoms with Gasteiger partial charge in [0.15, 0.2) is 0 Å². The Morgan fingerprint density at radius 1 is 0.957 bits per heavy atom. The lowest BCUT2D eigenvalue weighted by Gasteiger charge is -2.44. The van der Waals surface area contributed by atoms with Gasteiger partial charge in [-0.1, -0.05) is 37.4 Å². The molecule has 2 amide bonds. The zero-order valence-corrected chi connectivity index (χ0v) is 15.0. The molecule has 4 atom stereocenters. The number of nitrogens with zero attached hydrogens (tertiary/aromatic N) is 2. The molecule has 0 aliphatic carbocycles. The van der Waals surface area contributed by atoms with Crippen LogP contribution < -0.4 is 5.32 Å². The van der Waals surface area contributed by atoms with Gasteiger partial charge in [0.25, 0.3) is 11.8 Å². The molecule has 1 N–H and O–H groups in total. The Morgan fingerprint density at radius 3 is 1.83 bits per heavy atom. The van der Waals surface area contributed by atoms with E-state index < -0.39 is 9.74 Å². The summed E-state index contributed by atoms with van der Waals surface area (Å²) in [6.45, 7) is 8.32. The first-order valence-corrected chi connectivity index (χ1v) is 9.22. The third-order valence-electron chi connectivity index (χ3n) is 4.73. The minimum Gasteiger partial charge on any atom is -0.287 e. The summed E-state index contributed by atoms with van der Waals surface area (Å²) in [7, 11) is 0. The van der Waals surface area contributed by atoms with Crippen molar-refractivity contribution in [3.05, 3.63) is 21.0 Å². The van der Waals surface area contributed by atoms with Crippen molar-refractivity contribution < 1.29 is 9.59 Å². The predicted molar refractivity (Wildman–Crippen MR) is 94.5 cm³/mol. The smallest absolute Gasteiger partial charge is 0.265 e. The maximum Gasteiger partial charge on any atom is 0.265 e. The topological polar surface area (TPSA) is 70.9 Å². The first kappa shape index (κ1) is 15.2. The van der Waals surface area contributed by atoms with Gasteiger partial charge >= 0.3 is 0 Å². The quantitative estimate of drug-likeness (QED) is 0.540. The third kappa shape index (κ3) is 1.96. The van der Waals surface area contributed by atoms with Gasteiger partial charge in [0.1, 0.15) is 9.74 Å². The molecule has 0 spiro atoms. The van der Waals surface area contributed by atoms with Crippen molar-refractivity contribution in [2.45, 2.75) is 37.4 Å². The number of carbonyl (C=O) groups excluding carboxylic acids is 2. The molecule has 0 bridgehead atoms. The Hall–Kier alpha value is -1.34. The molecule has 4 rings (SSSR count). The van der Waals surface area contributed by atoms with Crippen molar-refractivity contribution in [2.24, 2.45) is 21.8 Å². The highest BCUT2D eigenvalue weighted by atomic mass is 32.2. The summed E-state index contributed by atoms with van der Waals surface area (Å²) in [4.78, 5) is 33.7. The average molecular weight is 347 g/mol. The number of allylic oxidation sites excluding steroid dienone is 1. The largest absolute Gasteiger partial charge is 0.287 e. The van der Waals surface area contributed by atoms with Crippen LogP contribution in [0.25, 0.3) is 0 Å². The van der Waals surface area contributed by atoms with E-state index in [2.05, 4.69) is 19.2 Å². The molecular weight excluding hydrogens is 330 g/mol. The summed E-state index contributed by atoms with van der Waals surface area (Å²) < 4.78 is 0. The van der Waals surface area contributed by atoms with Gasteiger partial charge < -0.3 is 0 Å². The zero-order valence-electron chi connectivity index (χ0n) is 13.3. The van der Waals surface area contributed by atoms with Crippen LogP contribution in [0.15, 0.2) is 30.9 Å². The highest BCUT2D eigenvalue weighted by molar-refractivity contribution is 8.10. The first-order chi connectivity index (χ1) is 10.8. The highest BCUT2D eigenvalue weighted by Gasteiger charge is 2.54. The second-order valence-electron chi connectivity index (χ2n) is 6.58. The molecule has 5 nitrogen and oxygen atoms in total. The zero-order chi connectivity index (χ0) is 16.6. The molecular formula is C16H17N3O2S2. The van der Waals surface area contributed by atoms with Crippen LogP contribution >= 0.6 is 23.5 Å². The van der Waals surface area contributed by atoms with E-state index in [-0.39, 0.29) is 23.7 Å². The number of amides is 2. The van der Waals surface area contributed by atoms with Gasteiger partial charge in [0.05, 0.1) is 9.81 Å². The van der Waals surface area contributed by atoms with E-state index in [0.29, 0.717) is 9.81 Å². The number of rotatable bonds is 0. The molecule has 4 heterocycles. The summed E-state index contributed by atoms with van der Waals surface area (Å²) >= 11 is 2.75. The molecule has 7 heteroatoms. The molecule has 4 aliphatic heterocycles. The number of hydrogen-bond acceptors (Lipinski definition) is 6. The number of hydrogen-bond donors (Lipinski definition) is 1. The number of thioether (sulfide) groups is 2. The molecule has 120 valence electrons. The molecule has 0 aromatic rings. The monoisotopic (exact) mass is 347 g/mol. The summed E-state index contributed by atoms with van der Waals surface area (Å²) in [5, 5.41) is 2.39. The van der Waals surface area contributed by atoms with Gasteiger partial charge in [-0.15, -0.1) is 0 Å². The second-order valence-corrected chi connectivity index (χ2v) is 9.39. The van der Waals surface area contributed by atoms with Crippen LogP contribution in [-0.2, 0) is 9.59 Å². The van der Waals surface area contributed by atoms with E-state index in [4.69, 9.17) is 9.98 Å². The number of nitrogens with one attached hydrogen (secondary N) is 1. The van der Waals surface area contributed by atoms with Gasteiger partial charge in [-0.05, 0) is 19.4 Å². The molecule has 0 aromatic heterocycles. The summed E-state index contributed by atoms with van der Waals surface area (Å²) in [6.07, 6.45) is 3.93. The number of dihydropyridines is 2. The fraction of sp³-hybridized carbons (Fsp3) is 0.500. The summed E-state index contributed by atoms with van der Waals surface area (Å²) in [5.74, 6) is -0.173. The summed E-state index contributed by atoms with van der Waals surface area (Å²) in [6, 6.07) is 0. The molecule has 0 aromatic carbocycles. The maximum absolute atomic E-state index is 12.2. The lowest BCUT2D eigenvalue weighted by atomic mass is 9.78. The molecule has 23 heavy (non-hydrogen) atoms. The van der Waals surface area contributed by atoms with Gasteiger partial charge in [0.2, 0.25) is 0 Å².